The molecule has 0 bridgehead atoms. The fourth-order valence-corrected chi connectivity index (χ4v) is 3.04. The molecule has 2 atom stereocenters. The van der Waals surface area contributed by atoms with E-state index in [1.54, 1.807) is 12.3 Å². The van der Waals surface area contributed by atoms with E-state index in [1.807, 2.05) is 6.07 Å². The van der Waals surface area contributed by atoms with Gasteiger partial charge in [-0.2, -0.15) is 10.2 Å². The van der Waals surface area contributed by atoms with E-state index in [-0.39, 0.29) is 6.10 Å². The minimum atomic E-state index is -0.133. The zero-order valence-corrected chi connectivity index (χ0v) is 11.5. The number of nitrogens with zero attached hydrogens (tertiary/aromatic N) is 4. The van der Waals surface area contributed by atoms with Crippen LogP contribution in [0.3, 0.4) is 0 Å². The smallest absolute Gasteiger partial charge is 0.259 e. The molecule has 2 aromatic heterocycles. The van der Waals surface area contributed by atoms with E-state index in [9.17, 15) is 0 Å². The molecule has 2 unspecified atom stereocenters. The van der Waals surface area contributed by atoms with Crippen molar-refractivity contribution in [3.05, 3.63) is 23.8 Å². The van der Waals surface area contributed by atoms with Crippen molar-refractivity contribution in [1.29, 1.82) is 5.26 Å². The van der Waals surface area contributed by atoms with Crippen molar-refractivity contribution in [3.63, 3.8) is 0 Å². The molecular formula is C14H15N5O2. The summed E-state index contributed by atoms with van der Waals surface area (Å²) < 4.78 is 11.2. The van der Waals surface area contributed by atoms with Crippen LogP contribution in [0, 0.1) is 11.3 Å². The Bertz CT molecular complexity index is 686. The SMILES string of the molecule is N#Cc1cc(-c2nc(C3CN4CCCC4CO3)no2)c[nH]1. The monoisotopic (exact) mass is 285 g/mol. The van der Waals surface area contributed by atoms with Crippen molar-refractivity contribution < 1.29 is 9.26 Å². The minimum absolute atomic E-state index is 0.133. The van der Waals surface area contributed by atoms with E-state index in [2.05, 4.69) is 20.0 Å². The summed E-state index contributed by atoms with van der Waals surface area (Å²) in [4.78, 5) is 9.69. The summed E-state index contributed by atoms with van der Waals surface area (Å²) in [7, 11) is 0. The van der Waals surface area contributed by atoms with Crippen LogP contribution in [-0.4, -0.2) is 45.8 Å². The number of morpholine rings is 1. The first-order chi connectivity index (χ1) is 10.3. The fraction of sp³-hybridized carbons (Fsp3) is 0.500. The Hall–Kier alpha value is -2.17. The van der Waals surface area contributed by atoms with Gasteiger partial charge in [0.05, 0.1) is 12.2 Å². The normalized spacial score (nSPS) is 25.7. The van der Waals surface area contributed by atoms with Crippen molar-refractivity contribution in [3.8, 4) is 17.5 Å². The second kappa shape index (κ2) is 4.98. The van der Waals surface area contributed by atoms with E-state index in [1.165, 1.54) is 12.8 Å². The molecule has 2 aromatic rings. The predicted octanol–water partition coefficient (Wildman–Crippen LogP) is 1.47. The largest absolute Gasteiger partial charge is 0.367 e. The van der Waals surface area contributed by atoms with Gasteiger partial charge in [0, 0.05) is 18.8 Å². The Balaban J connectivity index is 1.53. The third-order valence-electron chi connectivity index (χ3n) is 4.17. The molecule has 0 radical (unpaired) electrons. The van der Waals surface area contributed by atoms with Gasteiger partial charge in [0.15, 0.2) is 0 Å². The standard InChI is InChI=1S/C14H15N5O2/c15-5-10-4-9(6-16-10)14-17-13(18-21-14)12-7-19-3-1-2-11(19)8-20-12/h4,6,11-12,16H,1-3,7-8H2. The molecule has 0 amide bonds. The average Bonchev–Trinajstić information content (AvgIpc) is 3.24. The highest BCUT2D eigenvalue weighted by atomic mass is 16.5. The van der Waals surface area contributed by atoms with Crippen LogP contribution in [0.15, 0.2) is 16.8 Å². The van der Waals surface area contributed by atoms with Crippen molar-refractivity contribution in [2.75, 3.05) is 19.7 Å². The lowest BCUT2D eigenvalue weighted by atomic mass is 10.2. The first-order valence-electron chi connectivity index (χ1n) is 7.11. The lowest BCUT2D eigenvalue weighted by Crippen LogP contribution is -2.42. The number of rotatable bonds is 2. The Morgan fingerprint density at radius 3 is 3.29 bits per heavy atom. The first-order valence-corrected chi connectivity index (χ1v) is 7.11. The molecule has 0 aliphatic carbocycles. The molecule has 21 heavy (non-hydrogen) atoms. The van der Waals surface area contributed by atoms with E-state index < -0.39 is 0 Å². The van der Waals surface area contributed by atoms with E-state index in [4.69, 9.17) is 14.5 Å². The third kappa shape index (κ3) is 2.22. The highest BCUT2D eigenvalue weighted by Crippen LogP contribution is 2.29. The molecule has 4 rings (SSSR count). The zero-order chi connectivity index (χ0) is 14.2. The third-order valence-corrected chi connectivity index (χ3v) is 4.17. The second-order valence-electron chi connectivity index (χ2n) is 5.48. The molecule has 2 saturated heterocycles. The summed E-state index contributed by atoms with van der Waals surface area (Å²) in [5.41, 5.74) is 1.19. The zero-order valence-electron chi connectivity index (χ0n) is 11.5. The summed E-state index contributed by atoms with van der Waals surface area (Å²) in [6, 6.07) is 4.28. The van der Waals surface area contributed by atoms with Crippen LogP contribution in [0.2, 0.25) is 0 Å². The van der Waals surface area contributed by atoms with Gasteiger partial charge in [0.1, 0.15) is 17.9 Å². The van der Waals surface area contributed by atoms with Crippen LogP contribution in [0.1, 0.15) is 30.5 Å². The number of fused-ring (bicyclic) bond motifs is 1. The minimum Gasteiger partial charge on any atom is -0.367 e. The summed E-state index contributed by atoms with van der Waals surface area (Å²) >= 11 is 0. The van der Waals surface area contributed by atoms with Crippen LogP contribution >= 0.6 is 0 Å². The number of ether oxygens (including phenoxy) is 1. The molecule has 0 saturated carbocycles. The van der Waals surface area contributed by atoms with Crippen LogP contribution in [0.4, 0.5) is 0 Å². The Morgan fingerprint density at radius 1 is 1.48 bits per heavy atom. The molecule has 108 valence electrons. The second-order valence-corrected chi connectivity index (χ2v) is 5.48. The molecule has 4 heterocycles. The quantitative estimate of drug-likeness (QED) is 0.898. The Kier molecular flexibility index (Phi) is 2.98. The summed E-state index contributed by atoms with van der Waals surface area (Å²) in [5.74, 6) is 0.991. The highest BCUT2D eigenvalue weighted by Gasteiger charge is 2.34. The number of nitriles is 1. The maximum atomic E-state index is 8.82. The maximum Gasteiger partial charge on any atom is 0.259 e. The lowest BCUT2D eigenvalue weighted by Gasteiger charge is -2.33. The van der Waals surface area contributed by atoms with E-state index in [0.717, 1.165) is 25.3 Å². The molecule has 7 nitrogen and oxygen atoms in total. The van der Waals surface area contributed by atoms with E-state index in [0.29, 0.717) is 23.5 Å². The highest BCUT2D eigenvalue weighted by molar-refractivity contribution is 5.54. The van der Waals surface area contributed by atoms with Crippen LogP contribution in [-0.2, 0) is 4.74 Å². The summed E-state index contributed by atoms with van der Waals surface area (Å²) in [6.07, 6.45) is 4.00. The number of H-pyrrole nitrogens is 1. The van der Waals surface area contributed by atoms with Gasteiger partial charge in [-0.1, -0.05) is 5.16 Å². The van der Waals surface area contributed by atoms with Gasteiger partial charge in [-0.25, -0.2) is 0 Å². The van der Waals surface area contributed by atoms with Gasteiger partial charge in [0.2, 0.25) is 5.82 Å². The van der Waals surface area contributed by atoms with Gasteiger partial charge >= 0.3 is 0 Å². The topological polar surface area (TPSA) is 91.0 Å². The van der Waals surface area contributed by atoms with E-state index >= 15 is 0 Å². The summed E-state index contributed by atoms with van der Waals surface area (Å²) in [5, 5.41) is 12.9. The van der Waals surface area contributed by atoms with Crippen molar-refractivity contribution in [2.45, 2.75) is 25.0 Å². The molecule has 0 aromatic carbocycles. The van der Waals surface area contributed by atoms with Gasteiger partial charge < -0.3 is 14.2 Å². The number of nitrogens with one attached hydrogen (secondary N) is 1. The molecule has 2 aliphatic rings. The van der Waals surface area contributed by atoms with Crippen molar-refractivity contribution in [2.24, 2.45) is 0 Å². The number of aromatic amines is 1. The molecule has 1 N–H and O–H groups in total. The number of hydrogen-bond donors (Lipinski definition) is 1. The van der Waals surface area contributed by atoms with Crippen molar-refractivity contribution >= 4 is 0 Å². The van der Waals surface area contributed by atoms with Gasteiger partial charge in [-0.3, -0.25) is 4.90 Å². The molecular weight excluding hydrogens is 270 g/mol. The molecule has 7 heteroatoms. The maximum absolute atomic E-state index is 8.82. The lowest BCUT2D eigenvalue weighted by molar-refractivity contribution is -0.0548. The number of hydrogen-bond acceptors (Lipinski definition) is 6. The Labute approximate surface area is 121 Å². The first kappa shape index (κ1) is 12.6. The van der Waals surface area contributed by atoms with Crippen LogP contribution in [0.25, 0.3) is 11.5 Å². The Morgan fingerprint density at radius 2 is 2.43 bits per heavy atom. The molecule has 2 aliphatic heterocycles. The van der Waals surface area contributed by atoms with Crippen molar-refractivity contribution in [1.82, 2.24) is 20.0 Å². The fourth-order valence-electron chi connectivity index (χ4n) is 3.04. The summed E-state index contributed by atoms with van der Waals surface area (Å²) in [6.45, 7) is 2.68. The van der Waals surface area contributed by atoms with Crippen LogP contribution < -0.4 is 0 Å². The molecule has 2 fully saturated rings. The molecule has 0 spiro atoms. The van der Waals surface area contributed by atoms with Gasteiger partial charge in [0.25, 0.3) is 5.89 Å². The average molecular weight is 285 g/mol. The van der Waals surface area contributed by atoms with Gasteiger partial charge in [-0.15, -0.1) is 0 Å². The number of aromatic nitrogens is 3. The van der Waals surface area contributed by atoms with Crippen LogP contribution in [0.5, 0.6) is 0 Å². The van der Waals surface area contributed by atoms with Gasteiger partial charge in [-0.05, 0) is 25.5 Å². The predicted molar refractivity (Wildman–Crippen MR) is 72.1 cm³/mol.